The summed E-state index contributed by atoms with van der Waals surface area (Å²) in [5, 5.41) is 2.88. The molecule has 18 heavy (non-hydrogen) atoms. The Kier molecular flexibility index (Phi) is 3.82. The summed E-state index contributed by atoms with van der Waals surface area (Å²) < 4.78 is 0. The van der Waals surface area contributed by atoms with Crippen LogP contribution in [0, 0.1) is 0 Å². The molecule has 94 valence electrons. The van der Waals surface area contributed by atoms with Crippen LogP contribution >= 0.6 is 0 Å². The van der Waals surface area contributed by atoms with Crippen LogP contribution in [0.4, 0.5) is 0 Å². The monoisotopic (exact) mass is 242 g/mol. The molecule has 1 amide bonds. The van der Waals surface area contributed by atoms with Gasteiger partial charge in [0.05, 0.1) is 0 Å². The minimum atomic E-state index is -0.0760. The van der Waals surface area contributed by atoms with Gasteiger partial charge in [-0.05, 0) is 29.2 Å². The van der Waals surface area contributed by atoms with Gasteiger partial charge in [0, 0.05) is 12.7 Å². The third-order valence-corrected chi connectivity index (χ3v) is 2.94. The molecular formula is C15H18N2O. The molecule has 1 aromatic heterocycles. The summed E-state index contributed by atoms with van der Waals surface area (Å²) in [4.78, 5) is 14.6. The SMILES string of the molecule is CC(C)c1ccc(CNC(=O)c2ccc[nH]2)cc1. The van der Waals surface area contributed by atoms with Gasteiger partial charge in [-0.15, -0.1) is 0 Å². The fourth-order valence-corrected chi connectivity index (χ4v) is 1.77. The van der Waals surface area contributed by atoms with E-state index in [9.17, 15) is 4.79 Å². The van der Waals surface area contributed by atoms with Crippen LogP contribution in [-0.4, -0.2) is 10.9 Å². The van der Waals surface area contributed by atoms with Crippen LogP contribution < -0.4 is 5.32 Å². The van der Waals surface area contributed by atoms with Crippen molar-refractivity contribution >= 4 is 5.91 Å². The lowest BCUT2D eigenvalue weighted by Gasteiger charge is -2.07. The molecule has 0 saturated heterocycles. The second-order valence-corrected chi connectivity index (χ2v) is 4.66. The number of rotatable bonds is 4. The van der Waals surface area contributed by atoms with E-state index in [1.54, 1.807) is 12.3 Å². The first kappa shape index (κ1) is 12.4. The van der Waals surface area contributed by atoms with Gasteiger partial charge in [0.1, 0.15) is 5.69 Å². The normalized spacial score (nSPS) is 10.6. The Bertz CT molecular complexity index is 498. The standard InChI is InChI=1S/C15H18N2O/c1-11(2)13-7-5-12(6-8-13)10-17-15(18)14-4-3-9-16-14/h3-9,11,16H,10H2,1-2H3,(H,17,18). The Morgan fingerprint density at radius 2 is 1.94 bits per heavy atom. The second kappa shape index (κ2) is 5.54. The average molecular weight is 242 g/mol. The van der Waals surface area contributed by atoms with E-state index in [1.807, 2.05) is 6.07 Å². The zero-order chi connectivity index (χ0) is 13.0. The predicted molar refractivity (Wildman–Crippen MR) is 72.5 cm³/mol. The molecule has 3 nitrogen and oxygen atoms in total. The van der Waals surface area contributed by atoms with Gasteiger partial charge in [0.2, 0.25) is 0 Å². The van der Waals surface area contributed by atoms with E-state index in [4.69, 9.17) is 0 Å². The van der Waals surface area contributed by atoms with Crippen LogP contribution in [0.2, 0.25) is 0 Å². The molecule has 0 fully saturated rings. The largest absolute Gasteiger partial charge is 0.357 e. The van der Waals surface area contributed by atoms with Crippen molar-refractivity contribution in [1.82, 2.24) is 10.3 Å². The number of aromatic nitrogens is 1. The summed E-state index contributed by atoms with van der Waals surface area (Å²) in [5.74, 6) is 0.459. The fourth-order valence-electron chi connectivity index (χ4n) is 1.77. The number of carbonyl (C=O) groups is 1. The maximum Gasteiger partial charge on any atom is 0.267 e. The van der Waals surface area contributed by atoms with Crippen LogP contribution in [-0.2, 0) is 6.54 Å². The molecule has 0 atom stereocenters. The molecule has 1 heterocycles. The highest BCUT2D eigenvalue weighted by atomic mass is 16.1. The highest BCUT2D eigenvalue weighted by molar-refractivity contribution is 5.92. The quantitative estimate of drug-likeness (QED) is 0.850. The maximum absolute atomic E-state index is 11.7. The maximum atomic E-state index is 11.7. The van der Waals surface area contributed by atoms with Crippen molar-refractivity contribution in [3.8, 4) is 0 Å². The molecule has 0 spiro atoms. The summed E-state index contributed by atoms with van der Waals surface area (Å²) in [5.41, 5.74) is 3.02. The number of H-pyrrole nitrogens is 1. The number of carbonyl (C=O) groups excluding carboxylic acids is 1. The van der Waals surface area contributed by atoms with Crippen LogP contribution in [0.1, 0.15) is 41.4 Å². The van der Waals surface area contributed by atoms with Crippen molar-refractivity contribution < 1.29 is 4.79 Å². The van der Waals surface area contributed by atoms with E-state index in [2.05, 4.69) is 48.4 Å². The topological polar surface area (TPSA) is 44.9 Å². The highest BCUT2D eigenvalue weighted by Gasteiger charge is 2.05. The summed E-state index contributed by atoms with van der Waals surface area (Å²) in [7, 11) is 0. The molecule has 0 aliphatic heterocycles. The lowest BCUT2D eigenvalue weighted by molar-refractivity contribution is 0.0946. The van der Waals surface area contributed by atoms with Gasteiger partial charge in [0.15, 0.2) is 0 Å². The first-order valence-electron chi connectivity index (χ1n) is 6.17. The first-order chi connectivity index (χ1) is 8.66. The van der Waals surface area contributed by atoms with E-state index in [0.717, 1.165) is 5.56 Å². The number of hydrogen-bond acceptors (Lipinski definition) is 1. The molecule has 0 bridgehead atoms. The van der Waals surface area contributed by atoms with Gasteiger partial charge in [-0.1, -0.05) is 38.1 Å². The number of aromatic amines is 1. The van der Waals surface area contributed by atoms with Crippen LogP contribution in [0.25, 0.3) is 0 Å². The van der Waals surface area contributed by atoms with Crippen LogP contribution in [0.3, 0.4) is 0 Å². The third-order valence-electron chi connectivity index (χ3n) is 2.94. The molecule has 0 saturated carbocycles. The lowest BCUT2D eigenvalue weighted by atomic mass is 10.0. The first-order valence-corrected chi connectivity index (χ1v) is 6.17. The van der Waals surface area contributed by atoms with E-state index in [0.29, 0.717) is 18.2 Å². The third kappa shape index (κ3) is 3.00. The van der Waals surface area contributed by atoms with Gasteiger partial charge < -0.3 is 10.3 Å². The Hall–Kier alpha value is -2.03. The molecule has 3 heteroatoms. The van der Waals surface area contributed by atoms with E-state index in [-0.39, 0.29) is 5.91 Å². The fraction of sp³-hybridized carbons (Fsp3) is 0.267. The van der Waals surface area contributed by atoms with Gasteiger partial charge in [-0.2, -0.15) is 0 Å². The molecule has 0 unspecified atom stereocenters. The van der Waals surface area contributed by atoms with Crippen LogP contribution in [0.15, 0.2) is 42.6 Å². The molecule has 0 radical (unpaired) electrons. The van der Waals surface area contributed by atoms with E-state index < -0.39 is 0 Å². The summed E-state index contributed by atoms with van der Waals surface area (Å²) in [6.45, 7) is 4.89. The van der Waals surface area contributed by atoms with Gasteiger partial charge in [-0.3, -0.25) is 4.79 Å². The van der Waals surface area contributed by atoms with Gasteiger partial charge in [0.25, 0.3) is 5.91 Å². The van der Waals surface area contributed by atoms with Crippen molar-refractivity contribution in [2.75, 3.05) is 0 Å². The summed E-state index contributed by atoms with van der Waals surface area (Å²) in [6.07, 6.45) is 1.74. The number of amides is 1. The van der Waals surface area contributed by atoms with E-state index >= 15 is 0 Å². The minimum Gasteiger partial charge on any atom is -0.357 e. The van der Waals surface area contributed by atoms with Crippen molar-refractivity contribution in [3.05, 3.63) is 59.4 Å². The number of benzene rings is 1. The molecular weight excluding hydrogens is 224 g/mol. The molecule has 2 N–H and O–H groups in total. The molecule has 0 aliphatic carbocycles. The summed E-state index contributed by atoms with van der Waals surface area (Å²) >= 11 is 0. The zero-order valence-corrected chi connectivity index (χ0v) is 10.7. The highest BCUT2D eigenvalue weighted by Crippen LogP contribution is 2.14. The van der Waals surface area contributed by atoms with Gasteiger partial charge in [-0.25, -0.2) is 0 Å². The zero-order valence-electron chi connectivity index (χ0n) is 10.7. The van der Waals surface area contributed by atoms with Crippen LogP contribution in [0.5, 0.6) is 0 Å². The Morgan fingerprint density at radius 1 is 1.22 bits per heavy atom. The van der Waals surface area contributed by atoms with Crippen molar-refractivity contribution in [1.29, 1.82) is 0 Å². The van der Waals surface area contributed by atoms with E-state index in [1.165, 1.54) is 5.56 Å². The van der Waals surface area contributed by atoms with Crippen molar-refractivity contribution in [3.63, 3.8) is 0 Å². The lowest BCUT2D eigenvalue weighted by Crippen LogP contribution is -2.22. The second-order valence-electron chi connectivity index (χ2n) is 4.66. The van der Waals surface area contributed by atoms with Gasteiger partial charge >= 0.3 is 0 Å². The molecule has 1 aromatic carbocycles. The predicted octanol–water partition coefficient (Wildman–Crippen LogP) is 3.07. The average Bonchev–Trinajstić information content (AvgIpc) is 2.90. The molecule has 2 aromatic rings. The smallest absolute Gasteiger partial charge is 0.267 e. The Labute approximate surface area is 107 Å². The minimum absolute atomic E-state index is 0.0760. The Morgan fingerprint density at radius 3 is 2.50 bits per heavy atom. The Balaban J connectivity index is 1.92. The number of nitrogens with one attached hydrogen (secondary N) is 2. The molecule has 0 aliphatic rings. The van der Waals surface area contributed by atoms with Crippen molar-refractivity contribution in [2.24, 2.45) is 0 Å². The van der Waals surface area contributed by atoms with Crippen molar-refractivity contribution in [2.45, 2.75) is 26.3 Å². The number of hydrogen-bond donors (Lipinski definition) is 2. The molecule has 2 rings (SSSR count). The summed E-state index contributed by atoms with van der Waals surface area (Å²) in [6, 6.07) is 11.9.